The fourth-order valence-electron chi connectivity index (χ4n) is 3.28. The Balaban J connectivity index is 1.54. The number of ether oxygens (including phenoxy) is 1. The van der Waals surface area contributed by atoms with Gasteiger partial charge in [-0.15, -0.1) is 0 Å². The van der Waals surface area contributed by atoms with Crippen molar-refractivity contribution in [3.8, 4) is 22.8 Å². The number of benzene rings is 2. The summed E-state index contributed by atoms with van der Waals surface area (Å²) in [6.07, 6.45) is 0. The topological polar surface area (TPSA) is 85.5 Å². The first-order valence-electron chi connectivity index (χ1n) is 9.88. The summed E-state index contributed by atoms with van der Waals surface area (Å²) in [5.74, 6) is 0.843. The molecule has 0 amide bonds. The third-order valence-electron chi connectivity index (χ3n) is 5.14. The average molecular weight is 428 g/mol. The molecule has 1 aliphatic rings. The van der Waals surface area contributed by atoms with Gasteiger partial charge in [-0.3, -0.25) is 0 Å². The van der Waals surface area contributed by atoms with Gasteiger partial charge in [0.2, 0.25) is 15.8 Å². The Bertz CT molecular complexity index is 1110. The van der Waals surface area contributed by atoms with Gasteiger partial charge in [-0.05, 0) is 47.4 Å². The average Bonchev–Trinajstić information content (AvgIpc) is 3.24. The molecule has 1 aliphatic heterocycles. The molecule has 1 aromatic heterocycles. The van der Waals surface area contributed by atoms with Crippen LogP contribution in [0.15, 0.2) is 57.9 Å². The first-order valence-corrected chi connectivity index (χ1v) is 11.3. The van der Waals surface area contributed by atoms with Crippen LogP contribution in [0.25, 0.3) is 22.8 Å². The summed E-state index contributed by atoms with van der Waals surface area (Å²) in [7, 11) is -3.53. The van der Waals surface area contributed by atoms with Gasteiger partial charge in [-0.25, -0.2) is 8.42 Å². The van der Waals surface area contributed by atoms with Crippen molar-refractivity contribution in [2.75, 3.05) is 26.3 Å². The summed E-state index contributed by atoms with van der Waals surface area (Å²) in [4.78, 5) is 4.72. The van der Waals surface area contributed by atoms with E-state index in [0.29, 0.717) is 43.6 Å². The van der Waals surface area contributed by atoms with Crippen LogP contribution >= 0.6 is 0 Å². The number of hydrogen-bond acceptors (Lipinski definition) is 6. The Hall–Kier alpha value is -2.55. The highest BCUT2D eigenvalue weighted by molar-refractivity contribution is 7.89. The molecule has 1 saturated heterocycles. The van der Waals surface area contributed by atoms with Gasteiger partial charge in [0, 0.05) is 24.2 Å². The minimum absolute atomic E-state index is 0.0713. The van der Waals surface area contributed by atoms with Gasteiger partial charge in [0.1, 0.15) is 0 Å². The van der Waals surface area contributed by atoms with E-state index in [1.54, 1.807) is 24.3 Å². The Labute approximate surface area is 176 Å². The summed E-state index contributed by atoms with van der Waals surface area (Å²) < 4.78 is 37.6. The van der Waals surface area contributed by atoms with Crippen molar-refractivity contribution in [2.45, 2.75) is 31.1 Å². The molecule has 0 spiro atoms. The SMILES string of the molecule is CC(C)(C)c1ccc(-c2nc(-c3ccc(S(=O)(=O)N4CCOCC4)cc3)no2)cc1. The van der Waals surface area contributed by atoms with Crippen molar-refractivity contribution in [3.63, 3.8) is 0 Å². The highest BCUT2D eigenvalue weighted by atomic mass is 32.2. The van der Waals surface area contributed by atoms with E-state index < -0.39 is 10.0 Å². The number of rotatable bonds is 4. The van der Waals surface area contributed by atoms with Crippen LogP contribution in [-0.2, 0) is 20.2 Å². The third-order valence-corrected chi connectivity index (χ3v) is 7.06. The predicted molar refractivity (Wildman–Crippen MR) is 113 cm³/mol. The molecule has 0 saturated carbocycles. The molecule has 7 nitrogen and oxygen atoms in total. The lowest BCUT2D eigenvalue weighted by Gasteiger charge is -2.26. The predicted octanol–water partition coefficient (Wildman–Crippen LogP) is 3.72. The Morgan fingerprint density at radius 2 is 1.50 bits per heavy atom. The molecule has 8 heteroatoms. The van der Waals surface area contributed by atoms with Gasteiger partial charge >= 0.3 is 0 Å². The van der Waals surface area contributed by atoms with Crippen LogP contribution in [0, 0.1) is 0 Å². The van der Waals surface area contributed by atoms with Crippen molar-refractivity contribution in [1.82, 2.24) is 14.4 Å². The second-order valence-corrected chi connectivity index (χ2v) is 10.2. The molecule has 30 heavy (non-hydrogen) atoms. The number of nitrogens with zero attached hydrogens (tertiary/aromatic N) is 3. The first-order chi connectivity index (χ1) is 14.2. The van der Waals surface area contributed by atoms with Crippen LogP contribution in [0.4, 0.5) is 0 Å². The quantitative estimate of drug-likeness (QED) is 0.631. The van der Waals surface area contributed by atoms with Gasteiger partial charge in [0.15, 0.2) is 0 Å². The molecule has 0 bridgehead atoms. The maximum absolute atomic E-state index is 12.7. The van der Waals surface area contributed by atoms with E-state index in [9.17, 15) is 8.42 Å². The van der Waals surface area contributed by atoms with Gasteiger partial charge in [-0.2, -0.15) is 9.29 Å². The second kappa shape index (κ2) is 7.94. The standard InChI is InChI=1S/C22H25N3O4S/c1-22(2,3)18-8-4-17(5-9-18)21-23-20(24-29-21)16-6-10-19(11-7-16)30(26,27)25-12-14-28-15-13-25/h4-11H,12-15H2,1-3H3. The van der Waals surface area contributed by atoms with Crippen LogP contribution in [0.2, 0.25) is 0 Å². The van der Waals surface area contributed by atoms with Gasteiger partial charge < -0.3 is 9.26 Å². The second-order valence-electron chi connectivity index (χ2n) is 8.29. The van der Waals surface area contributed by atoms with Crippen molar-refractivity contribution in [1.29, 1.82) is 0 Å². The summed E-state index contributed by atoms with van der Waals surface area (Å²) >= 11 is 0. The molecular formula is C22H25N3O4S. The lowest BCUT2D eigenvalue weighted by Crippen LogP contribution is -2.40. The molecule has 0 unspecified atom stereocenters. The van der Waals surface area contributed by atoms with E-state index in [2.05, 4.69) is 43.0 Å². The van der Waals surface area contributed by atoms with E-state index in [-0.39, 0.29) is 10.3 Å². The Morgan fingerprint density at radius 3 is 2.10 bits per heavy atom. The summed E-state index contributed by atoms with van der Waals surface area (Å²) in [6, 6.07) is 14.6. The van der Waals surface area contributed by atoms with Crippen LogP contribution in [0.3, 0.4) is 0 Å². The third kappa shape index (κ3) is 4.16. The van der Waals surface area contributed by atoms with E-state index in [1.807, 2.05) is 12.1 Å². The largest absolute Gasteiger partial charge is 0.379 e. The molecule has 2 aromatic carbocycles. The Morgan fingerprint density at radius 1 is 0.900 bits per heavy atom. The molecule has 0 atom stereocenters. The smallest absolute Gasteiger partial charge is 0.258 e. The molecule has 158 valence electrons. The van der Waals surface area contributed by atoms with Crippen molar-refractivity contribution < 1.29 is 17.7 Å². The van der Waals surface area contributed by atoms with Crippen molar-refractivity contribution >= 4 is 10.0 Å². The molecule has 3 aromatic rings. The fourth-order valence-corrected chi connectivity index (χ4v) is 4.69. The lowest BCUT2D eigenvalue weighted by atomic mass is 9.87. The highest BCUT2D eigenvalue weighted by Crippen LogP contribution is 2.27. The van der Waals surface area contributed by atoms with Crippen molar-refractivity contribution in [3.05, 3.63) is 54.1 Å². The maximum atomic E-state index is 12.7. The maximum Gasteiger partial charge on any atom is 0.258 e. The zero-order valence-electron chi connectivity index (χ0n) is 17.3. The summed E-state index contributed by atoms with van der Waals surface area (Å²) in [5, 5.41) is 4.05. The summed E-state index contributed by atoms with van der Waals surface area (Å²) in [5.41, 5.74) is 2.83. The Kier molecular flexibility index (Phi) is 5.48. The number of hydrogen-bond donors (Lipinski definition) is 0. The molecule has 2 heterocycles. The molecule has 0 aliphatic carbocycles. The van der Waals surface area contributed by atoms with Crippen LogP contribution < -0.4 is 0 Å². The fraction of sp³-hybridized carbons (Fsp3) is 0.364. The van der Waals surface area contributed by atoms with Crippen LogP contribution in [-0.4, -0.2) is 49.2 Å². The van der Waals surface area contributed by atoms with Crippen LogP contribution in [0.1, 0.15) is 26.3 Å². The van der Waals surface area contributed by atoms with E-state index >= 15 is 0 Å². The van der Waals surface area contributed by atoms with Crippen molar-refractivity contribution in [2.24, 2.45) is 0 Å². The minimum atomic E-state index is -3.53. The van der Waals surface area contributed by atoms with E-state index in [0.717, 1.165) is 5.56 Å². The van der Waals surface area contributed by atoms with E-state index in [4.69, 9.17) is 9.26 Å². The molecule has 1 fully saturated rings. The molecular weight excluding hydrogens is 402 g/mol. The zero-order valence-corrected chi connectivity index (χ0v) is 18.1. The first kappa shape index (κ1) is 20.7. The normalized spacial score (nSPS) is 16.0. The number of aromatic nitrogens is 2. The monoisotopic (exact) mass is 427 g/mol. The van der Waals surface area contributed by atoms with Gasteiger partial charge in [0.25, 0.3) is 5.89 Å². The molecule has 0 radical (unpaired) electrons. The molecule has 4 rings (SSSR count). The lowest BCUT2D eigenvalue weighted by molar-refractivity contribution is 0.0730. The summed E-state index contributed by atoms with van der Waals surface area (Å²) in [6.45, 7) is 8.05. The highest BCUT2D eigenvalue weighted by Gasteiger charge is 2.26. The van der Waals surface area contributed by atoms with Crippen LogP contribution in [0.5, 0.6) is 0 Å². The minimum Gasteiger partial charge on any atom is -0.379 e. The zero-order chi connectivity index (χ0) is 21.4. The van der Waals surface area contributed by atoms with E-state index in [1.165, 1.54) is 9.87 Å². The molecule has 0 N–H and O–H groups in total. The number of morpholine rings is 1. The van der Waals surface area contributed by atoms with Gasteiger partial charge in [-0.1, -0.05) is 38.1 Å². The van der Waals surface area contributed by atoms with Gasteiger partial charge in [0.05, 0.1) is 18.1 Å². The number of sulfonamides is 1.